The minimum Gasteiger partial charge on any atom is -0.357 e. The Hall–Kier alpha value is -3.28. The Balaban J connectivity index is 1.70. The molecule has 2 unspecified atom stereocenters. The van der Waals surface area contributed by atoms with Crippen LogP contribution in [-0.2, 0) is 24.2 Å². The SMILES string of the molecule is CCNC(=O)C1=C(C=NCc2cnc(CCc3ccc(F)cc3)c(C)c2)C(C(C)CC)C=CN1. The van der Waals surface area contributed by atoms with E-state index in [9.17, 15) is 9.18 Å². The van der Waals surface area contributed by atoms with Crippen LogP contribution in [0.5, 0.6) is 0 Å². The predicted octanol–water partition coefficient (Wildman–Crippen LogP) is 5.05. The Bertz CT molecular complexity index is 1070. The molecule has 2 atom stereocenters. The number of rotatable bonds is 10. The first kappa shape index (κ1) is 25.3. The van der Waals surface area contributed by atoms with Gasteiger partial charge in [-0.05, 0) is 67.6 Å². The topological polar surface area (TPSA) is 66.4 Å². The van der Waals surface area contributed by atoms with Crippen LogP contribution in [0.2, 0.25) is 0 Å². The van der Waals surface area contributed by atoms with Crippen molar-refractivity contribution in [3.05, 3.63) is 88.3 Å². The molecule has 0 saturated carbocycles. The van der Waals surface area contributed by atoms with E-state index in [0.29, 0.717) is 24.7 Å². The Labute approximate surface area is 202 Å². The number of likely N-dealkylation sites (N-methyl/N-ethyl adjacent to an activating group) is 1. The van der Waals surface area contributed by atoms with E-state index in [1.807, 2.05) is 37.7 Å². The van der Waals surface area contributed by atoms with Gasteiger partial charge in [0.1, 0.15) is 11.5 Å². The second kappa shape index (κ2) is 12.3. The fraction of sp³-hybridized carbons (Fsp3) is 0.393. The first-order chi connectivity index (χ1) is 16.4. The first-order valence-electron chi connectivity index (χ1n) is 12.1. The highest BCUT2D eigenvalue weighted by molar-refractivity contribution is 6.00. The van der Waals surface area contributed by atoms with Crippen LogP contribution < -0.4 is 10.6 Å². The Morgan fingerprint density at radius 3 is 2.68 bits per heavy atom. The molecule has 0 spiro atoms. The number of hydrogen-bond donors (Lipinski definition) is 2. The molecule has 2 aromatic rings. The molecule has 0 bridgehead atoms. The molecule has 0 aliphatic carbocycles. The van der Waals surface area contributed by atoms with Crippen LogP contribution in [0.1, 0.15) is 49.6 Å². The van der Waals surface area contributed by atoms with Crippen LogP contribution in [0.4, 0.5) is 4.39 Å². The van der Waals surface area contributed by atoms with Crippen LogP contribution >= 0.6 is 0 Å². The third-order valence-corrected chi connectivity index (χ3v) is 6.31. The van der Waals surface area contributed by atoms with E-state index in [2.05, 4.69) is 53.5 Å². The van der Waals surface area contributed by atoms with Crippen LogP contribution in [0.25, 0.3) is 0 Å². The van der Waals surface area contributed by atoms with Gasteiger partial charge < -0.3 is 10.6 Å². The van der Waals surface area contributed by atoms with Crippen molar-refractivity contribution in [2.24, 2.45) is 16.8 Å². The summed E-state index contributed by atoms with van der Waals surface area (Å²) in [6, 6.07) is 8.74. The average molecular weight is 463 g/mol. The zero-order chi connectivity index (χ0) is 24.5. The lowest BCUT2D eigenvalue weighted by Gasteiger charge is -2.26. The maximum atomic E-state index is 13.1. The van der Waals surface area contributed by atoms with Crippen molar-refractivity contribution in [1.29, 1.82) is 0 Å². The number of nitrogens with zero attached hydrogens (tertiary/aromatic N) is 2. The molecule has 0 fully saturated rings. The van der Waals surface area contributed by atoms with Gasteiger partial charge in [0.15, 0.2) is 0 Å². The Morgan fingerprint density at radius 2 is 2.00 bits per heavy atom. The summed E-state index contributed by atoms with van der Waals surface area (Å²) in [4.78, 5) is 21.9. The fourth-order valence-corrected chi connectivity index (χ4v) is 4.11. The van der Waals surface area contributed by atoms with E-state index in [1.54, 1.807) is 0 Å². The van der Waals surface area contributed by atoms with E-state index < -0.39 is 0 Å². The monoisotopic (exact) mass is 462 g/mol. The molecule has 6 heteroatoms. The van der Waals surface area contributed by atoms with E-state index in [4.69, 9.17) is 0 Å². The highest BCUT2D eigenvalue weighted by Gasteiger charge is 2.25. The number of aromatic nitrogens is 1. The minimum absolute atomic E-state index is 0.107. The molecule has 2 heterocycles. The van der Waals surface area contributed by atoms with Crippen molar-refractivity contribution < 1.29 is 9.18 Å². The highest BCUT2D eigenvalue weighted by Crippen LogP contribution is 2.28. The zero-order valence-corrected chi connectivity index (χ0v) is 20.6. The van der Waals surface area contributed by atoms with Gasteiger partial charge in [-0.3, -0.25) is 14.8 Å². The number of dihydropyridines is 1. The van der Waals surface area contributed by atoms with Gasteiger partial charge in [0.2, 0.25) is 0 Å². The number of pyridine rings is 1. The van der Waals surface area contributed by atoms with Crippen molar-refractivity contribution >= 4 is 12.1 Å². The molecule has 1 aromatic heterocycles. The smallest absolute Gasteiger partial charge is 0.268 e. The molecular formula is C28H35FN4O. The van der Waals surface area contributed by atoms with Crippen molar-refractivity contribution in [3.8, 4) is 0 Å². The summed E-state index contributed by atoms with van der Waals surface area (Å²) in [5.41, 5.74) is 5.78. The quantitative estimate of drug-likeness (QED) is 0.486. The molecule has 1 amide bonds. The molecule has 1 aromatic carbocycles. The molecular weight excluding hydrogens is 427 g/mol. The predicted molar refractivity (Wildman–Crippen MR) is 136 cm³/mol. The number of halogens is 1. The standard InChI is InChI=1S/C28H35FN4O/c1-5-19(3)24-13-14-32-27(28(34)31-6-2)25(24)18-30-16-22-15-20(4)26(33-17-22)12-9-21-7-10-23(29)11-8-21/h7-8,10-11,13-15,17-19,24,32H,5-6,9,12,16H2,1-4H3,(H,31,34). The van der Waals surface area contributed by atoms with Gasteiger partial charge in [-0.1, -0.05) is 44.5 Å². The molecule has 5 nitrogen and oxygen atoms in total. The number of carbonyl (C=O) groups excluding carboxylic acids is 1. The maximum absolute atomic E-state index is 13.1. The number of nitrogens with one attached hydrogen (secondary N) is 2. The third-order valence-electron chi connectivity index (χ3n) is 6.31. The van der Waals surface area contributed by atoms with Gasteiger partial charge in [-0.2, -0.15) is 0 Å². The maximum Gasteiger partial charge on any atom is 0.268 e. The second-order valence-corrected chi connectivity index (χ2v) is 8.81. The zero-order valence-electron chi connectivity index (χ0n) is 20.6. The normalized spacial score (nSPS) is 16.6. The van der Waals surface area contributed by atoms with Gasteiger partial charge in [0, 0.05) is 36.1 Å². The van der Waals surface area contributed by atoms with E-state index in [0.717, 1.165) is 47.2 Å². The number of carbonyl (C=O) groups is 1. The molecule has 1 aliphatic heterocycles. The molecule has 3 rings (SSSR count). The number of benzene rings is 1. The minimum atomic E-state index is -0.215. The van der Waals surface area contributed by atoms with E-state index >= 15 is 0 Å². The Kier molecular flexibility index (Phi) is 9.14. The van der Waals surface area contributed by atoms with Crippen molar-refractivity contribution in [2.45, 2.75) is 53.5 Å². The molecule has 34 heavy (non-hydrogen) atoms. The van der Waals surface area contributed by atoms with E-state index in [1.165, 1.54) is 12.1 Å². The summed E-state index contributed by atoms with van der Waals surface area (Å²) in [5.74, 6) is 0.215. The van der Waals surface area contributed by atoms with Gasteiger partial charge >= 0.3 is 0 Å². The second-order valence-electron chi connectivity index (χ2n) is 8.81. The average Bonchev–Trinajstić information content (AvgIpc) is 2.84. The lowest BCUT2D eigenvalue weighted by Crippen LogP contribution is -2.35. The van der Waals surface area contributed by atoms with Crippen molar-refractivity contribution in [3.63, 3.8) is 0 Å². The summed E-state index contributed by atoms with van der Waals surface area (Å²) in [5, 5.41) is 6.01. The van der Waals surface area contributed by atoms with Gasteiger partial charge in [0.25, 0.3) is 5.91 Å². The lowest BCUT2D eigenvalue weighted by atomic mass is 9.83. The summed E-state index contributed by atoms with van der Waals surface area (Å²) in [6.07, 6.45) is 10.3. The summed E-state index contributed by atoms with van der Waals surface area (Å²) >= 11 is 0. The van der Waals surface area contributed by atoms with Gasteiger partial charge in [-0.15, -0.1) is 0 Å². The highest BCUT2D eigenvalue weighted by atomic mass is 19.1. The molecule has 0 radical (unpaired) electrons. The number of aliphatic imine (C=N–C) groups is 1. The van der Waals surface area contributed by atoms with Crippen LogP contribution in [0.15, 0.2) is 65.1 Å². The largest absolute Gasteiger partial charge is 0.357 e. The molecule has 180 valence electrons. The van der Waals surface area contributed by atoms with Crippen molar-refractivity contribution in [2.75, 3.05) is 6.54 Å². The van der Waals surface area contributed by atoms with E-state index in [-0.39, 0.29) is 17.6 Å². The summed E-state index contributed by atoms with van der Waals surface area (Å²) < 4.78 is 13.1. The summed E-state index contributed by atoms with van der Waals surface area (Å²) in [7, 11) is 0. The number of hydrogen-bond acceptors (Lipinski definition) is 4. The molecule has 0 saturated heterocycles. The molecule has 1 aliphatic rings. The van der Waals surface area contributed by atoms with Gasteiger partial charge in [-0.25, -0.2) is 4.39 Å². The summed E-state index contributed by atoms with van der Waals surface area (Å²) in [6.45, 7) is 9.40. The fourth-order valence-electron chi connectivity index (χ4n) is 4.11. The first-order valence-corrected chi connectivity index (χ1v) is 12.1. The van der Waals surface area contributed by atoms with Crippen molar-refractivity contribution in [1.82, 2.24) is 15.6 Å². The van der Waals surface area contributed by atoms with Crippen LogP contribution in [-0.4, -0.2) is 23.7 Å². The third kappa shape index (κ3) is 6.62. The van der Waals surface area contributed by atoms with Crippen LogP contribution in [0, 0.1) is 24.6 Å². The van der Waals surface area contributed by atoms with Gasteiger partial charge in [0.05, 0.1) is 6.54 Å². The number of allylic oxidation sites excluding steroid dienone is 2. The Morgan fingerprint density at radius 1 is 1.24 bits per heavy atom. The number of aryl methyl sites for hydroxylation is 3. The van der Waals surface area contributed by atoms with Crippen LogP contribution in [0.3, 0.4) is 0 Å². The lowest BCUT2D eigenvalue weighted by molar-refractivity contribution is -0.117. The molecule has 2 N–H and O–H groups in total. The number of amides is 1.